The summed E-state index contributed by atoms with van der Waals surface area (Å²) in [6, 6.07) is 2.73. The monoisotopic (exact) mass is 427 g/mol. The van der Waals surface area contributed by atoms with Gasteiger partial charge in [0.25, 0.3) is 0 Å². The minimum absolute atomic E-state index is 0.0698. The average molecular weight is 427 g/mol. The summed E-state index contributed by atoms with van der Waals surface area (Å²) in [6.07, 6.45) is -1.95. The summed E-state index contributed by atoms with van der Waals surface area (Å²) in [6.45, 7) is 0.748. The molecule has 7 nitrogen and oxygen atoms in total. The van der Waals surface area contributed by atoms with Gasteiger partial charge in [-0.3, -0.25) is 0 Å². The van der Waals surface area contributed by atoms with Gasteiger partial charge in [-0.25, -0.2) is 22.3 Å². The Kier molecular flexibility index (Phi) is 5.29. The summed E-state index contributed by atoms with van der Waals surface area (Å²) in [4.78, 5) is 3.31. The Balaban J connectivity index is 2.12. The first-order valence-electron chi connectivity index (χ1n) is 8.17. The van der Waals surface area contributed by atoms with Gasteiger partial charge < -0.3 is 0 Å². The van der Waals surface area contributed by atoms with E-state index in [0.29, 0.717) is 0 Å². The Bertz CT molecular complexity index is 1180. The van der Waals surface area contributed by atoms with Crippen LogP contribution in [-0.4, -0.2) is 40.0 Å². The topological polar surface area (TPSA) is 91.4 Å². The quantitative estimate of drug-likeness (QED) is 0.584. The molecule has 1 unspecified atom stereocenters. The number of benzene rings is 1. The van der Waals surface area contributed by atoms with Crippen LogP contribution >= 0.6 is 0 Å². The van der Waals surface area contributed by atoms with E-state index in [-0.39, 0.29) is 15.5 Å². The molecule has 2 heterocycles. The van der Waals surface area contributed by atoms with Gasteiger partial charge >= 0.3 is 6.18 Å². The molecule has 0 aliphatic heterocycles. The normalized spacial score (nSPS) is 13.6. The maximum Gasteiger partial charge on any atom is 0.409 e. The van der Waals surface area contributed by atoms with Gasteiger partial charge in [0.15, 0.2) is 5.65 Å². The number of nitrogens with zero attached hydrogens (tertiary/aromatic N) is 5. The predicted octanol–water partition coefficient (Wildman–Crippen LogP) is 3.05. The van der Waals surface area contributed by atoms with E-state index in [1.165, 1.54) is 6.92 Å². The van der Waals surface area contributed by atoms with Gasteiger partial charge in [0.05, 0.1) is 18.6 Å². The van der Waals surface area contributed by atoms with Gasteiger partial charge in [0, 0.05) is 6.54 Å². The largest absolute Gasteiger partial charge is 0.409 e. The van der Waals surface area contributed by atoms with Crippen LogP contribution in [-0.2, 0) is 10.0 Å². The van der Waals surface area contributed by atoms with Crippen LogP contribution in [0.1, 0.15) is 24.1 Å². The minimum atomic E-state index is -4.96. The first-order valence-corrected chi connectivity index (χ1v) is 9.61. The van der Waals surface area contributed by atoms with E-state index in [2.05, 4.69) is 10.1 Å². The third kappa shape index (κ3) is 3.79. The molecule has 0 fully saturated rings. The molecule has 1 atom stereocenters. The molecule has 0 saturated heterocycles. The van der Waals surface area contributed by atoms with Crippen molar-refractivity contribution in [2.45, 2.75) is 24.0 Å². The molecule has 0 radical (unpaired) electrons. The molecular formula is C17H13F4N5O2S. The molecule has 3 rings (SSSR count). The molecule has 0 N–H and O–H groups in total. The van der Waals surface area contributed by atoms with Crippen molar-refractivity contribution >= 4 is 15.7 Å². The Morgan fingerprint density at radius 3 is 2.45 bits per heavy atom. The van der Waals surface area contributed by atoms with Crippen molar-refractivity contribution in [2.24, 2.45) is 0 Å². The molecule has 3 aromatic rings. The van der Waals surface area contributed by atoms with E-state index in [1.807, 2.05) is 6.07 Å². The fourth-order valence-corrected chi connectivity index (χ4v) is 4.41. The fraction of sp³-hybridized carbons (Fsp3) is 0.235. The number of halogens is 4. The van der Waals surface area contributed by atoms with Crippen molar-refractivity contribution in [1.29, 1.82) is 5.26 Å². The van der Waals surface area contributed by atoms with Crippen molar-refractivity contribution in [2.75, 3.05) is 6.54 Å². The number of fused-ring (bicyclic) bond motifs is 1. The van der Waals surface area contributed by atoms with Crippen LogP contribution in [0.5, 0.6) is 0 Å². The van der Waals surface area contributed by atoms with Crippen LogP contribution in [0.25, 0.3) is 5.65 Å². The molecule has 0 aliphatic carbocycles. The highest BCUT2D eigenvalue weighted by atomic mass is 32.2. The maximum atomic E-state index is 13.8. The Hall–Kier alpha value is -3.04. The van der Waals surface area contributed by atoms with Gasteiger partial charge in [0.2, 0.25) is 10.0 Å². The predicted molar refractivity (Wildman–Crippen MR) is 92.5 cm³/mol. The summed E-state index contributed by atoms with van der Waals surface area (Å²) in [5.74, 6) is -0.748. The van der Waals surface area contributed by atoms with E-state index in [0.717, 1.165) is 47.4 Å². The highest BCUT2D eigenvalue weighted by Gasteiger charge is 2.48. The SMILES string of the molecule is CCN(C(c1ccc(F)cc1)C(F)(F)F)S(=O)(=O)c1cnc2c(C#N)cnn2c1. The highest BCUT2D eigenvalue weighted by Crippen LogP contribution is 2.40. The van der Waals surface area contributed by atoms with Crippen LogP contribution in [0.15, 0.2) is 47.8 Å². The second-order valence-corrected chi connectivity index (χ2v) is 7.82. The molecule has 0 saturated carbocycles. The molecule has 0 spiro atoms. The Morgan fingerprint density at radius 1 is 1.24 bits per heavy atom. The number of nitriles is 1. The van der Waals surface area contributed by atoms with Crippen LogP contribution in [0.2, 0.25) is 0 Å². The van der Waals surface area contributed by atoms with E-state index in [1.54, 1.807) is 0 Å². The van der Waals surface area contributed by atoms with E-state index in [4.69, 9.17) is 5.26 Å². The molecule has 0 amide bonds. The third-order valence-corrected chi connectivity index (χ3v) is 6.05. The summed E-state index contributed by atoms with van der Waals surface area (Å²) < 4.78 is 81.9. The Morgan fingerprint density at radius 2 is 1.90 bits per heavy atom. The second kappa shape index (κ2) is 7.41. The molecule has 0 bridgehead atoms. The molecule has 0 aliphatic rings. The number of aromatic nitrogens is 3. The highest BCUT2D eigenvalue weighted by molar-refractivity contribution is 7.89. The number of hydrogen-bond acceptors (Lipinski definition) is 5. The zero-order valence-electron chi connectivity index (χ0n) is 14.8. The van der Waals surface area contributed by atoms with Crippen LogP contribution < -0.4 is 0 Å². The molecule has 152 valence electrons. The molecular weight excluding hydrogens is 414 g/mol. The van der Waals surface area contributed by atoms with Crippen molar-refractivity contribution < 1.29 is 26.0 Å². The standard InChI is InChI=1S/C17H13F4N5O2S/c1-2-26(15(17(19,20)21)11-3-5-13(18)6-4-11)29(27,28)14-9-23-16-12(7-22)8-24-25(16)10-14/h3-6,8-10,15H,2H2,1H3. The second-order valence-electron chi connectivity index (χ2n) is 5.93. The lowest BCUT2D eigenvalue weighted by molar-refractivity contribution is -0.173. The molecule has 1 aromatic carbocycles. The van der Waals surface area contributed by atoms with Crippen LogP contribution in [0, 0.1) is 17.1 Å². The molecule has 29 heavy (non-hydrogen) atoms. The van der Waals surface area contributed by atoms with Gasteiger partial charge in [-0.05, 0) is 17.7 Å². The summed E-state index contributed by atoms with van der Waals surface area (Å²) in [5, 5.41) is 12.8. The zero-order chi connectivity index (χ0) is 21.4. The lowest BCUT2D eigenvalue weighted by Crippen LogP contribution is -2.42. The third-order valence-electron chi connectivity index (χ3n) is 4.16. The van der Waals surface area contributed by atoms with E-state index >= 15 is 0 Å². The van der Waals surface area contributed by atoms with E-state index < -0.39 is 45.1 Å². The van der Waals surface area contributed by atoms with Crippen molar-refractivity contribution in [3.8, 4) is 6.07 Å². The number of rotatable bonds is 5. The van der Waals surface area contributed by atoms with Crippen LogP contribution in [0.3, 0.4) is 0 Å². The summed E-state index contributed by atoms with van der Waals surface area (Å²) in [7, 11) is -4.67. The zero-order valence-corrected chi connectivity index (χ0v) is 15.6. The van der Waals surface area contributed by atoms with Crippen LogP contribution in [0.4, 0.5) is 17.6 Å². The smallest absolute Gasteiger partial charge is 0.234 e. The number of hydrogen-bond donors (Lipinski definition) is 0. The first kappa shape index (κ1) is 20.7. The average Bonchev–Trinajstić information content (AvgIpc) is 3.08. The first-order chi connectivity index (χ1) is 13.6. The summed E-state index contributed by atoms with van der Waals surface area (Å²) >= 11 is 0. The lowest BCUT2D eigenvalue weighted by Gasteiger charge is -2.31. The lowest BCUT2D eigenvalue weighted by atomic mass is 10.1. The van der Waals surface area contributed by atoms with Gasteiger partial charge in [-0.15, -0.1) is 0 Å². The number of sulfonamides is 1. The van der Waals surface area contributed by atoms with Crippen molar-refractivity contribution in [1.82, 2.24) is 18.9 Å². The van der Waals surface area contributed by atoms with Gasteiger partial charge in [0.1, 0.15) is 28.4 Å². The van der Waals surface area contributed by atoms with Crippen molar-refractivity contribution in [3.05, 3.63) is 59.8 Å². The maximum absolute atomic E-state index is 13.8. The fourth-order valence-electron chi connectivity index (χ4n) is 2.86. The van der Waals surface area contributed by atoms with Gasteiger partial charge in [-0.2, -0.15) is 27.8 Å². The van der Waals surface area contributed by atoms with Gasteiger partial charge in [-0.1, -0.05) is 19.1 Å². The number of alkyl halides is 3. The molecule has 2 aromatic heterocycles. The molecule has 12 heteroatoms. The van der Waals surface area contributed by atoms with E-state index in [9.17, 15) is 26.0 Å². The summed E-state index contributed by atoms with van der Waals surface area (Å²) in [5.41, 5.74) is -0.273. The minimum Gasteiger partial charge on any atom is -0.234 e. The Labute approximate surface area is 162 Å². The van der Waals surface area contributed by atoms with Crippen molar-refractivity contribution in [3.63, 3.8) is 0 Å².